The molecule has 4 N–H and O–H groups in total. The fourth-order valence-corrected chi connectivity index (χ4v) is 1.85. The summed E-state index contributed by atoms with van der Waals surface area (Å²) in [5.74, 6) is 6.63. The first-order valence-electron chi connectivity index (χ1n) is 4.36. The Bertz CT molecular complexity index is 176. The maximum Gasteiger partial charge on any atom is 0.139 e. The molecule has 0 bridgehead atoms. The molecule has 0 radical (unpaired) electrons. The Balaban J connectivity index is 2.42. The molecule has 5 nitrogen and oxygen atoms in total. The zero-order valence-electron chi connectivity index (χ0n) is 7.76. The zero-order valence-corrected chi connectivity index (χ0v) is 9.91. The highest BCUT2D eigenvalue weighted by Gasteiger charge is 2.21. The Morgan fingerprint density at radius 3 is 2.62 bits per heavy atom. The van der Waals surface area contributed by atoms with Crippen molar-refractivity contribution in [2.45, 2.75) is 12.8 Å². The van der Waals surface area contributed by atoms with E-state index in [0.717, 1.165) is 31.8 Å². The minimum Gasteiger partial charge on any atom is -0.322 e. The molecule has 0 atom stereocenters. The van der Waals surface area contributed by atoms with Gasteiger partial charge < -0.3 is 10.7 Å². The standard InChI is InChI=1S/C7H16IN5/c1-13-4-2-6(3-5-13)7(10-9)11-12-8/h6,12H,2-5,9H2,1H3,(H,10,11). The number of hydrazone groups is 1. The number of likely N-dealkylation sites (tertiary alicyclic amines) is 1. The molecule has 0 aromatic carbocycles. The molecule has 1 rings (SSSR count). The molecule has 1 aliphatic heterocycles. The summed E-state index contributed by atoms with van der Waals surface area (Å²) >= 11 is 2.02. The highest BCUT2D eigenvalue weighted by Crippen LogP contribution is 2.16. The van der Waals surface area contributed by atoms with E-state index in [-0.39, 0.29) is 0 Å². The summed E-state index contributed by atoms with van der Waals surface area (Å²) in [5.41, 5.74) is 2.96. The van der Waals surface area contributed by atoms with Crippen molar-refractivity contribution in [2.24, 2.45) is 16.9 Å². The summed E-state index contributed by atoms with van der Waals surface area (Å²) in [7, 11) is 2.14. The second kappa shape index (κ2) is 5.61. The van der Waals surface area contributed by atoms with E-state index in [4.69, 9.17) is 5.84 Å². The lowest BCUT2D eigenvalue weighted by Crippen LogP contribution is -2.42. The first-order valence-corrected chi connectivity index (χ1v) is 5.43. The second-order valence-electron chi connectivity index (χ2n) is 3.31. The van der Waals surface area contributed by atoms with Crippen LogP contribution in [0.3, 0.4) is 0 Å². The van der Waals surface area contributed by atoms with E-state index in [1.165, 1.54) is 0 Å². The van der Waals surface area contributed by atoms with Crippen molar-refractivity contribution in [1.82, 2.24) is 14.0 Å². The summed E-state index contributed by atoms with van der Waals surface area (Å²) in [6.07, 6.45) is 2.25. The number of nitrogens with two attached hydrogens (primary N) is 1. The number of piperidine rings is 1. The van der Waals surface area contributed by atoms with Gasteiger partial charge in [-0.15, -0.1) is 0 Å². The van der Waals surface area contributed by atoms with Crippen molar-refractivity contribution in [3.63, 3.8) is 0 Å². The molecule has 0 spiro atoms. The van der Waals surface area contributed by atoms with Gasteiger partial charge in [-0.1, -0.05) is 0 Å². The van der Waals surface area contributed by atoms with Gasteiger partial charge in [0, 0.05) is 28.8 Å². The monoisotopic (exact) mass is 297 g/mol. The van der Waals surface area contributed by atoms with Crippen molar-refractivity contribution < 1.29 is 0 Å². The smallest absolute Gasteiger partial charge is 0.139 e. The molecule has 76 valence electrons. The molecule has 0 unspecified atom stereocenters. The number of hydrogen-bond donors (Lipinski definition) is 3. The topological polar surface area (TPSA) is 65.7 Å². The second-order valence-corrected chi connectivity index (χ2v) is 3.85. The third kappa shape index (κ3) is 3.28. The van der Waals surface area contributed by atoms with Gasteiger partial charge in [0.25, 0.3) is 0 Å². The molecule has 1 heterocycles. The predicted octanol–water partition coefficient (Wildman–Crippen LogP) is 0.0446. The average Bonchev–Trinajstić information content (AvgIpc) is 2.16. The van der Waals surface area contributed by atoms with Crippen molar-refractivity contribution in [2.75, 3.05) is 20.1 Å². The Labute approximate surface area is 92.6 Å². The summed E-state index contributed by atoms with van der Waals surface area (Å²) in [6.45, 7) is 2.24. The predicted molar refractivity (Wildman–Crippen MR) is 62.1 cm³/mol. The van der Waals surface area contributed by atoms with Crippen molar-refractivity contribution in [3.05, 3.63) is 0 Å². The maximum absolute atomic E-state index is 5.29. The quantitative estimate of drug-likeness (QED) is 0.168. The van der Waals surface area contributed by atoms with E-state index in [1.54, 1.807) is 0 Å². The summed E-state index contributed by atoms with van der Waals surface area (Å²) in [5, 5.41) is 3.75. The van der Waals surface area contributed by atoms with Crippen molar-refractivity contribution >= 4 is 28.7 Å². The number of amidine groups is 1. The molecule has 0 aromatic heterocycles. The van der Waals surface area contributed by atoms with Gasteiger partial charge in [-0.05, 0) is 33.0 Å². The molecule has 1 aliphatic rings. The molecule has 1 saturated heterocycles. The lowest BCUT2D eigenvalue weighted by molar-refractivity contribution is 0.250. The number of hydrazine groups is 1. The first kappa shape index (κ1) is 11.0. The largest absolute Gasteiger partial charge is 0.322 e. The molecule has 0 amide bonds. The number of nitrogens with one attached hydrogen (secondary N) is 2. The summed E-state index contributed by atoms with van der Waals surface area (Å²) < 4.78 is 2.82. The average molecular weight is 297 g/mol. The normalized spacial score (nSPS) is 21.8. The molecule has 1 fully saturated rings. The van der Waals surface area contributed by atoms with Crippen LogP contribution >= 0.6 is 22.9 Å². The first-order chi connectivity index (χ1) is 6.27. The van der Waals surface area contributed by atoms with E-state index >= 15 is 0 Å². The van der Waals surface area contributed by atoms with Crippen molar-refractivity contribution in [3.8, 4) is 0 Å². The number of halogens is 1. The van der Waals surface area contributed by atoms with Crippen LogP contribution in [-0.4, -0.2) is 30.9 Å². The van der Waals surface area contributed by atoms with Gasteiger partial charge in [-0.3, -0.25) is 5.43 Å². The van der Waals surface area contributed by atoms with Gasteiger partial charge in [0.1, 0.15) is 5.84 Å². The zero-order chi connectivity index (χ0) is 9.68. The fourth-order valence-electron chi connectivity index (χ4n) is 1.57. The molecule has 13 heavy (non-hydrogen) atoms. The molecular weight excluding hydrogens is 281 g/mol. The van der Waals surface area contributed by atoms with Crippen LogP contribution in [0.2, 0.25) is 0 Å². The van der Waals surface area contributed by atoms with Crippen LogP contribution in [0.15, 0.2) is 5.10 Å². The van der Waals surface area contributed by atoms with Gasteiger partial charge in [-0.25, -0.2) is 0 Å². The minimum absolute atomic E-state index is 0.475. The van der Waals surface area contributed by atoms with Crippen LogP contribution in [0.5, 0.6) is 0 Å². The maximum atomic E-state index is 5.29. The minimum atomic E-state index is 0.475. The molecule has 0 aliphatic carbocycles. The van der Waals surface area contributed by atoms with Crippen LogP contribution in [0.4, 0.5) is 0 Å². The molecule has 0 aromatic rings. The number of nitrogens with zero attached hydrogens (tertiary/aromatic N) is 2. The van der Waals surface area contributed by atoms with E-state index in [2.05, 4.69) is 26.1 Å². The highest BCUT2D eigenvalue weighted by molar-refractivity contribution is 14.1. The van der Waals surface area contributed by atoms with E-state index < -0.39 is 0 Å². The van der Waals surface area contributed by atoms with E-state index in [1.807, 2.05) is 22.9 Å². The van der Waals surface area contributed by atoms with Gasteiger partial charge in [0.15, 0.2) is 0 Å². The number of hydrogen-bond acceptors (Lipinski definition) is 4. The Kier molecular flexibility index (Phi) is 4.74. The number of rotatable bonds is 2. The SMILES string of the molecule is CN1CCC(/C(=N/N)NNI)CC1. The van der Waals surface area contributed by atoms with Gasteiger partial charge in [0.2, 0.25) is 0 Å². The van der Waals surface area contributed by atoms with E-state index in [9.17, 15) is 0 Å². The third-order valence-corrected chi connectivity index (χ3v) is 2.69. The summed E-state index contributed by atoms with van der Waals surface area (Å²) in [4.78, 5) is 2.32. The van der Waals surface area contributed by atoms with Crippen molar-refractivity contribution in [1.29, 1.82) is 0 Å². The van der Waals surface area contributed by atoms with Crippen LogP contribution in [-0.2, 0) is 0 Å². The Morgan fingerprint density at radius 2 is 2.15 bits per heavy atom. The molecule has 0 saturated carbocycles. The van der Waals surface area contributed by atoms with Gasteiger partial charge in [0.05, 0.1) is 0 Å². The molecular formula is C7H16IN5. The fraction of sp³-hybridized carbons (Fsp3) is 0.857. The Hall–Kier alpha value is -0.0800. The van der Waals surface area contributed by atoms with E-state index in [0.29, 0.717) is 5.92 Å². The Morgan fingerprint density at radius 1 is 1.54 bits per heavy atom. The van der Waals surface area contributed by atoms with Crippen LogP contribution < -0.4 is 14.9 Å². The summed E-state index contributed by atoms with van der Waals surface area (Å²) in [6, 6.07) is 0. The van der Waals surface area contributed by atoms with Gasteiger partial charge in [-0.2, -0.15) is 8.74 Å². The highest BCUT2D eigenvalue weighted by atomic mass is 127. The van der Waals surface area contributed by atoms with Crippen LogP contribution in [0.1, 0.15) is 12.8 Å². The lowest BCUT2D eigenvalue weighted by Gasteiger charge is -2.29. The third-order valence-electron chi connectivity index (χ3n) is 2.42. The molecule has 6 heteroatoms. The van der Waals surface area contributed by atoms with Crippen LogP contribution in [0.25, 0.3) is 0 Å². The van der Waals surface area contributed by atoms with Gasteiger partial charge >= 0.3 is 0 Å². The lowest BCUT2D eigenvalue weighted by atomic mass is 9.96. The van der Waals surface area contributed by atoms with Crippen LogP contribution in [0, 0.1) is 5.92 Å².